The maximum absolute atomic E-state index is 9.30. The fourth-order valence-electron chi connectivity index (χ4n) is 4.00. The molecular weight excluding hydrogens is 304 g/mol. The minimum atomic E-state index is 0.0329. The van der Waals surface area contributed by atoms with Gasteiger partial charge in [-0.1, -0.05) is 0 Å². The van der Waals surface area contributed by atoms with Gasteiger partial charge in [-0.25, -0.2) is 0 Å². The lowest BCUT2D eigenvalue weighted by atomic mass is 10.0. The first-order valence-corrected chi connectivity index (χ1v) is 8.97. The molecule has 0 bridgehead atoms. The molecule has 0 radical (unpaired) electrons. The van der Waals surface area contributed by atoms with E-state index in [0.29, 0.717) is 6.04 Å². The van der Waals surface area contributed by atoms with E-state index in [0.717, 1.165) is 57.1 Å². The van der Waals surface area contributed by atoms with Gasteiger partial charge in [-0.15, -0.1) is 0 Å². The summed E-state index contributed by atoms with van der Waals surface area (Å²) < 4.78 is 7.55. The van der Waals surface area contributed by atoms with Gasteiger partial charge in [-0.3, -0.25) is 14.5 Å². The SMILES string of the molecule is OCc1cc2n(n1)CCCN(C1CCN(Cc3ccco3)CC1)C2. The summed E-state index contributed by atoms with van der Waals surface area (Å²) in [6, 6.07) is 6.73. The Morgan fingerprint density at radius 3 is 2.83 bits per heavy atom. The van der Waals surface area contributed by atoms with E-state index in [-0.39, 0.29) is 6.61 Å². The third-order valence-corrected chi connectivity index (χ3v) is 5.29. The molecule has 130 valence electrons. The molecule has 2 aromatic rings. The van der Waals surface area contributed by atoms with E-state index in [4.69, 9.17) is 4.42 Å². The molecule has 2 aliphatic rings. The highest BCUT2D eigenvalue weighted by Crippen LogP contribution is 2.23. The fraction of sp³-hybridized carbons (Fsp3) is 0.611. The normalized spacial score (nSPS) is 20.9. The Kier molecular flexibility index (Phi) is 4.69. The number of piperidine rings is 1. The molecule has 6 nitrogen and oxygen atoms in total. The molecule has 1 fully saturated rings. The number of furan rings is 1. The van der Waals surface area contributed by atoms with Crippen molar-refractivity contribution >= 4 is 0 Å². The second kappa shape index (κ2) is 7.09. The smallest absolute Gasteiger partial charge is 0.117 e. The van der Waals surface area contributed by atoms with Crippen LogP contribution in [0.25, 0.3) is 0 Å². The van der Waals surface area contributed by atoms with Crippen molar-refractivity contribution in [3.05, 3.63) is 41.6 Å². The summed E-state index contributed by atoms with van der Waals surface area (Å²) in [4.78, 5) is 5.10. The van der Waals surface area contributed by atoms with E-state index in [9.17, 15) is 5.11 Å². The number of aryl methyl sites for hydroxylation is 1. The number of hydrogen-bond acceptors (Lipinski definition) is 5. The molecule has 24 heavy (non-hydrogen) atoms. The zero-order chi connectivity index (χ0) is 16.4. The van der Waals surface area contributed by atoms with Gasteiger partial charge in [0.05, 0.1) is 30.8 Å². The van der Waals surface area contributed by atoms with Crippen molar-refractivity contribution in [2.45, 2.75) is 51.5 Å². The Morgan fingerprint density at radius 2 is 2.08 bits per heavy atom. The third-order valence-electron chi connectivity index (χ3n) is 5.29. The van der Waals surface area contributed by atoms with E-state index in [1.54, 1.807) is 6.26 Å². The summed E-state index contributed by atoms with van der Waals surface area (Å²) in [6.45, 7) is 6.27. The first-order valence-electron chi connectivity index (χ1n) is 8.97. The Morgan fingerprint density at radius 1 is 1.21 bits per heavy atom. The summed E-state index contributed by atoms with van der Waals surface area (Å²) in [6.07, 6.45) is 5.30. The number of nitrogens with zero attached hydrogens (tertiary/aromatic N) is 4. The van der Waals surface area contributed by atoms with Gasteiger partial charge in [0.25, 0.3) is 0 Å². The highest BCUT2D eigenvalue weighted by molar-refractivity contribution is 5.11. The highest BCUT2D eigenvalue weighted by atomic mass is 16.3. The first kappa shape index (κ1) is 15.9. The van der Waals surface area contributed by atoms with Gasteiger partial charge < -0.3 is 9.52 Å². The maximum Gasteiger partial charge on any atom is 0.117 e. The van der Waals surface area contributed by atoms with Crippen LogP contribution in [0, 0.1) is 0 Å². The Labute approximate surface area is 142 Å². The van der Waals surface area contributed by atoms with Crippen molar-refractivity contribution in [3.63, 3.8) is 0 Å². The Bertz CT molecular complexity index is 644. The van der Waals surface area contributed by atoms with E-state index in [2.05, 4.69) is 31.7 Å². The Balaban J connectivity index is 1.35. The van der Waals surface area contributed by atoms with Crippen LogP contribution in [0.2, 0.25) is 0 Å². The van der Waals surface area contributed by atoms with Crippen molar-refractivity contribution in [2.75, 3.05) is 19.6 Å². The van der Waals surface area contributed by atoms with E-state index < -0.39 is 0 Å². The van der Waals surface area contributed by atoms with Crippen LogP contribution >= 0.6 is 0 Å². The lowest BCUT2D eigenvalue weighted by Crippen LogP contribution is -2.44. The summed E-state index contributed by atoms with van der Waals surface area (Å²) in [5.41, 5.74) is 2.04. The molecule has 0 saturated carbocycles. The predicted molar refractivity (Wildman–Crippen MR) is 90.2 cm³/mol. The zero-order valence-electron chi connectivity index (χ0n) is 14.1. The van der Waals surface area contributed by atoms with Crippen molar-refractivity contribution in [2.24, 2.45) is 0 Å². The molecule has 1 N–H and O–H groups in total. The summed E-state index contributed by atoms with van der Waals surface area (Å²) >= 11 is 0. The van der Waals surface area contributed by atoms with Gasteiger partial charge in [0.1, 0.15) is 5.76 Å². The molecule has 2 aliphatic heterocycles. The summed E-state index contributed by atoms with van der Waals surface area (Å²) in [5, 5.41) is 13.8. The van der Waals surface area contributed by atoms with Gasteiger partial charge in [-0.05, 0) is 37.5 Å². The highest BCUT2D eigenvalue weighted by Gasteiger charge is 2.27. The zero-order valence-corrected chi connectivity index (χ0v) is 14.1. The summed E-state index contributed by atoms with van der Waals surface area (Å²) in [5.74, 6) is 1.06. The molecule has 2 aromatic heterocycles. The van der Waals surface area contributed by atoms with Gasteiger partial charge in [0.15, 0.2) is 0 Å². The number of aliphatic hydroxyl groups excluding tert-OH is 1. The van der Waals surface area contributed by atoms with Gasteiger partial charge in [-0.2, -0.15) is 5.10 Å². The average molecular weight is 330 g/mol. The molecule has 0 atom stereocenters. The van der Waals surface area contributed by atoms with E-state index in [1.807, 2.05) is 6.07 Å². The lowest BCUT2D eigenvalue weighted by molar-refractivity contribution is 0.0964. The molecule has 0 aliphatic carbocycles. The third kappa shape index (κ3) is 3.41. The standard InChI is InChI=1S/C18H26N4O2/c23-14-15-11-17-12-21(6-2-7-22(17)19-15)16-4-8-20(9-5-16)13-18-3-1-10-24-18/h1,3,10-11,16,23H,2,4-9,12-14H2. The van der Waals surface area contributed by atoms with Crippen molar-refractivity contribution in [1.29, 1.82) is 0 Å². The van der Waals surface area contributed by atoms with Crippen molar-refractivity contribution in [1.82, 2.24) is 19.6 Å². The molecule has 0 aromatic carbocycles. The maximum atomic E-state index is 9.30. The first-order chi connectivity index (χ1) is 11.8. The number of aromatic nitrogens is 2. The van der Waals surface area contributed by atoms with E-state index in [1.165, 1.54) is 18.5 Å². The molecule has 6 heteroatoms. The van der Waals surface area contributed by atoms with Crippen LogP contribution in [-0.2, 0) is 26.2 Å². The van der Waals surface area contributed by atoms with Crippen LogP contribution in [0.3, 0.4) is 0 Å². The predicted octanol–water partition coefficient (Wildman–Crippen LogP) is 1.84. The largest absolute Gasteiger partial charge is 0.468 e. The number of fused-ring (bicyclic) bond motifs is 1. The van der Waals surface area contributed by atoms with Crippen LogP contribution in [-0.4, -0.2) is 50.4 Å². The topological polar surface area (TPSA) is 57.7 Å². The number of likely N-dealkylation sites (tertiary alicyclic amines) is 1. The van der Waals surface area contributed by atoms with E-state index >= 15 is 0 Å². The number of aliphatic hydroxyl groups is 1. The van der Waals surface area contributed by atoms with Gasteiger partial charge in [0, 0.05) is 38.8 Å². The minimum Gasteiger partial charge on any atom is -0.468 e. The monoisotopic (exact) mass is 330 g/mol. The summed E-state index contributed by atoms with van der Waals surface area (Å²) in [7, 11) is 0. The van der Waals surface area contributed by atoms with Crippen LogP contribution < -0.4 is 0 Å². The molecule has 0 amide bonds. The van der Waals surface area contributed by atoms with Gasteiger partial charge >= 0.3 is 0 Å². The fourth-order valence-corrected chi connectivity index (χ4v) is 4.00. The molecule has 0 spiro atoms. The molecule has 1 saturated heterocycles. The number of rotatable bonds is 4. The van der Waals surface area contributed by atoms with Crippen LogP contribution in [0.15, 0.2) is 28.9 Å². The van der Waals surface area contributed by atoms with Crippen LogP contribution in [0.5, 0.6) is 0 Å². The molecular formula is C18H26N4O2. The second-order valence-corrected chi connectivity index (χ2v) is 6.92. The average Bonchev–Trinajstić information content (AvgIpc) is 3.21. The van der Waals surface area contributed by atoms with Crippen molar-refractivity contribution in [3.8, 4) is 0 Å². The molecule has 0 unspecified atom stereocenters. The van der Waals surface area contributed by atoms with Crippen molar-refractivity contribution < 1.29 is 9.52 Å². The quantitative estimate of drug-likeness (QED) is 0.927. The van der Waals surface area contributed by atoms with Gasteiger partial charge in [0.2, 0.25) is 0 Å². The molecule has 4 heterocycles. The molecule has 4 rings (SSSR count). The van der Waals surface area contributed by atoms with Crippen LogP contribution in [0.1, 0.15) is 36.4 Å². The second-order valence-electron chi connectivity index (χ2n) is 6.92. The van der Waals surface area contributed by atoms with Crippen LogP contribution in [0.4, 0.5) is 0 Å². The minimum absolute atomic E-state index is 0.0329. The lowest BCUT2D eigenvalue weighted by Gasteiger charge is -2.37. The Hall–Kier alpha value is -1.63. The number of hydrogen-bond donors (Lipinski definition) is 1.